The van der Waals surface area contributed by atoms with Crippen molar-refractivity contribution in [1.29, 1.82) is 0 Å². The molecule has 1 unspecified atom stereocenters. The van der Waals surface area contributed by atoms with Gasteiger partial charge >= 0.3 is 11.9 Å². The summed E-state index contributed by atoms with van der Waals surface area (Å²) in [5, 5.41) is 11.0. The summed E-state index contributed by atoms with van der Waals surface area (Å²) in [6.07, 6.45) is 0. The molecule has 2 aromatic carbocycles. The predicted molar refractivity (Wildman–Crippen MR) is 79.9 cm³/mol. The number of benzene rings is 2. The third kappa shape index (κ3) is 3.21. The van der Waals surface area contributed by atoms with Gasteiger partial charge in [0.05, 0.1) is 0 Å². The first-order valence-electron chi connectivity index (χ1n) is 6.76. The molecule has 110 valence electrons. The van der Waals surface area contributed by atoms with E-state index in [1.54, 1.807) is 13.8 Å². The van der Waals surface area contributed by atoms with Crippen LogP contribution < -0.4 is 0 Å². The lowest BCUT2D eigenvalue weighted by Gasteiger charge is -2.27. The number of carbonyl (C=O) groups is 2. The van der Waals surface area contributed by atoms with Crippen molar-refractivity contribution in [2.45, 2.75) is 26.4 Å². The lowest BCUT2D eigenvalue weighted by atomic mass is 9.95. The van der Waals surface area contributed by atoms with E-state index in [4.69, 9.17) is 9.84 Å². The van der Waals surface area contributed by atoms with Gasteiger partial charge in [-0.15, -0.1) is 0 Å². The molecule has 0 bridgehead atoms. The summed E-state index contributed by atoms with van der Waals surface area (Å²) < 4.78 is 5.38. The van der Waals surface area contributed by atoms with Crippen LogP contribution in [0.2, 0.25) is 0 Å². The number of ether oxygens (including phenoxy) is 1. The molecule has 0 radical (unpaired) electrons. The summed E-state index contributed by atoms with van der Waals surface area (Å²) in [4.78, 5) is 22.7. The zero-order valence-corrected chi connectivity index (χ0v) is 12.3. The molecule has 0 fully saturated rings. The molecule has 0 saturated heterocycles. The molecule has 0 aliphatic heterocycles. The lowest BCUT2D eigenvalue weighted by Crippen LogP contribution is -2.31. The molecule has 1 N–H and O–H groups in total. The number of hydrogen-bond donors (Lipinski definition) is 1. The van der Waals surface area contributed by atoms with E-state index in [1.165, 1.54) is 6.92 Å². The van der Waals surface area contributed by atoms with Gasteiger partial charge in [-0.1, -0.05) is 36.4 Å². The highest BCUT2D eigenvalue weighted by Gasteiger charge is 2.31. The molecule has 0 amide bonds. The summed E-state index contributed by atoms with van der Waals surface area (Å²) >= 11 is 0. The van der Waals surface area contributed by atoms with Crippen LogP contribution in [-0.4, -0.2) is 17.0 Å². The number of aliphatic carboxylic acids is 1. The van der Waals surface area contributed by atoms with Crippen LogP contribution in [0, 0.1) is 5.92 Å². The molecule has 0 aliphatic rings. The molecule has 4 heteroatoms. The van der Waals surface area contributed by atoms with E-state index < -0.39 is 23.5 Å². The SMILES string of the molecule is CC(C(=O)O)C(=O)OC(C)(C)c1ccc2ccccc2c1. The first-order valence-corrected chi connectivity index (χ1v) is 6.76. The van der Waals surface area contributed by atoms with Crippen molar-refractivity contribution in [2.75, 3.05) is 0 Å². The second-order valence-corrected chi connectivity index (χ2v) is 5.55. The molecule has 21 heavy (non-hydrogen) atoms. The van der Waals surface area contributed by atoms with Gasteiger partial charge in [-0.3, -0.25) is 9.59 Å². The Hall–Kier alpha value is -2.36. The number of esters is 1. The van der Waals surface area contributed by atoms with Crippen LogP contribution in [0.25, 0.3) is 10.8 Å². The van der Waals surface area contributed by atoms with Gasteiger partial charge < -0.3 is 9.84 Å². The van der Waals surface area contributed by atoms with Gasteiger partial charge in [-0.25, -0.2) is 0 Å². The van der Waals surface area contributed by atoms with Gasteiger partial charge in [-0.2, -0.15) is 0 Å². The molecule has 1 atom stereocenters. The zero-order valence-electron chi connectivity index (χ0n) is 12.3. The van der Waals surface area contributed by atoms with Crippen LogP contribution >= 0.6 is 0 Å². The standard InChI is InChI=1S/C17H18O4/c1-11(15(18)19)16(20)21-17(2,3)14-9-8-12-6-4-5-7-13(12)10-14/h4-11H,1-3H3,(H,18,19). The van der Waals surface area contributed by atoms with Gasteiger partial charge in [0.25, 0.3) is 0 Å². The normalized spacial score (nSPS) is 12.9. The summed E-state index contributed by atoms with van der Waals surface area (Å²) in [5.41, 5.74) is -0.0580. The maximum atomic E-state index is 11.8. The summed E-state index contributed by atoms with van der Waals surface area (Å²) in [6, 6.07) is 13.7. The maximum absolute atomic E-state index is 11.8. The van der Waals surface area contributed by atoms with E-state index in [0.717, 1.165) is 16.3 Å². The Balaban J connectivity index is 2.28. The van der Waals surface area contributed by atoms with Gasteiger partial charge in [-0.05, 0) is 43.2 Å². The summed E-state index contributed by atoms with van der Waals surface area (Å²) in [6.45, 7) is 4.83. The Morgan fingerprint density at radius 2 is 1.71 bits per heavy atom. The molecule has 2 aromatic rings. The molecule has 2 rings (SSSR count). The largest absolute Gasteiger partial charge is 0.481 e. The van der Waals surface area contributed by atoms with Crippen molar-refractivity contribution in [1.82, 2.24) is 0 Å². The number of hydrogen-bond acceptors (Lipinski definition) is 3. The molecular formula is C17H18O4. The van der Waals surface area contributed by atoms with Crippen LogP contribution in [0.3, 0.4) is 0 Å². The third-order valence-corrected chi connectivity index (χ3v) is 3.52. The summed E-state index contributed by atoms with van der Waals surface area (Å²) in [5.74, 6) is -3.10. The molecule has 0 aliphatic carbocycles. The van der Waals surface area contributed by atoms with Gasteiger partial charge in [0.15, 0.2) is 5.92 Å². The minimum atomic E-state index is -1.19. The number of carboxylic acids is 1. The fourth-order valence-electron chi connectivity index (χ4n) is 2.06. The van der Waals surface area contributed by atoms with E-state index in [-0.39, 0.29) is 0 Å². The molecule has 0 spiro atoms. The zero-order chi connectivity index (χ0) is 15.6. The molecule has 0 aromatic heterocycles. The van der Waals surface area contributed by atoms with Crippen LogP contribution in [0.5, 0.6) is 0 Å². The van der Waals surface area contributed by atoms with Crippen molar-refractivity contribution in [3.8, 4) is 0 Å². The maximum Gasteiger partial charge on any atom is 0.320 e. The van der Waals surface area contributed by atoms with Crippen molar-refractivity contribution >= 4 is 22.7 Å². The van der Waals surface area contributed by atoms with E-state index >= 15 is 0 Å². The number of rotatable bonds is 4. The Labute approximate surface area is 123 Å². The van der Waals surface area contributed by atoms with E-state index in [0.29, 0.717) is 0 Å². The minimum absolute atomic E-state index is 0.736. The van der Waals surface area contributed by atoms with Crippen molar-refractivity contribution < 1.29 is 19.4 Å². The number of carboxylic acid groups (broad SMARTS) is 1. The Morgan fingerprint density at radius 1 is 1.10 bits per heavy atom. The molecular weight excluding hydrogens is 268 g/mol. The number of carbonyl (C=O) groups excluding carboxylic acids is 1. The predicted octanol–water partition coefficient (Wildman–Crippen LogP) is 3.34. The Morgan fingerprint density at radius 3 is 2.33 bits per heavy atom. The quantitative estimate of drug-likeness (QED) is 0.691. The van der Waals surface area contributed by atoms with E-state index in [9.17, 15) is 9.59 Å². The summed E-state index contributed by atoms with van der Waals surface area (Å²) in [7, 11) is 0. The van der Waals surface area contributed by atoms with Crippen LogP contribution in [0.1, 0.15) is 26.3 Å². The molecule has 0 heterocycles. The average molecular weight is 286 g/mol. The fraction of sp³-hybridized carbons (Fsp3) is 0.294. The third-order valence-electron chi connectivity index (χ3n) is 3.52. The van der Waals surface area contributed by atoms with Crippen LogP contribution in [-0.2, 0) is 19.9 Å². The van der Waals surface area contributed by atoms with Crippen molar-refractivity contribution in [3.05, 3.63) is 48.0 Å². The fourth-order valence-corrected chi connectivity index (χ4v) is 2.06. The minimum Gasteiger partial charge on any atom is -0.481 e. The second kappa shape index (κ2) is 5.56. The Kier molecular flexibility index (Phi) is 3.98. The first-order chi connectivity index (χ1) is 9.81. The first kappa shape index (κ1) is 15.0. The highest BCUT2D eigenvalue weighted by Crippen LogP contribution is 2.28. The van der Waals surface area contributed by atoms with Gasteiger partial charge in [0.1, 0.15) is 5.60 Å². The monoisotopic (exact) mass is 286 g/mol. The van der Waals surface area contributed by atoms with E-state index in [2.05, 4.69) is 0 Å². The van der Waals surface area contributed by atoms with Gasteiger partial charge in [0, 0.05) is 0 Å². The Bertz CT molecular complexity index is 688. The molecule has 0 saturated carbocycles. The van der Waals surface area contributed by atoms with Gasteiger partial charge in [0.2, 0.25) is 0 Å². The van der Waals surface area contributed by atoms with Crippen molar-refractivity contribution in [2.24, 2.45) is 5.92 Å². The molecule has 4 nitrogen and oxygen atoms in total. The highest BCUT2D eigenvalue weighted by molar-refractivity contribution is 5.93. The lowest BCUT2D eigenvalue weighted by molar-refractivity contribution is -0.167. The van der Waals surface area contributed by atoms with E-state index in [1.807, 2.05) is 42.5 Å². The van der Waals surface area contributed by atoms with Crippen molar-refractivity contribution in [3.63, 3.8) is 0 Å². The topological polar surface area (TPSA) is 63.6 Å². The van der Waals surface area contributed by atoms with Crippen LogP contribution in [0.4, 0.5) is 0 Å². The second-order valence-electron chi connectivity index (χ2n) is 5.55. The average Bonchev–Trinajstić information content (AvgIpc) is 2.45. The number of fused-ring (bicyclic) bond motifs is 1. The smallest absolute Gasteiger partial charge is 0.320 e. The highest BCUT2D eigenvalue weighted by atomic mass is 16.6. The van der Waals surface area contributed by atoms with Crippen LogP contribution in [0.15, 0.2) is 42.5 Å².